The number of likely N-dealkylation sites (N-methyl/N-ethyl adjacent to an activating group) is 1. The van der Waals surface area contributed by atoms with Gasteiger partial charge in [0.05, 0.1) is 23.2 Å². The highest BCUT2D eigenvalue weighted by atomic mass is 16.6. The summed E-state index contributed by atoms with van der Waals surface area (Å²) in [7, 11) is 2.03. The van der Waals surface area contributed by atoms with E-state index in [4.69, 9.17) is 9.57 Å². The summed E-state index contributed by atoms with van der Waals surface area (Å²) in [6.45, 7) is 8.36. The van der Waals surface area contributed by atoms with Gasteiger partial charge in [0.15, 0.2) is 0 Å². The van der Waals surface area contributed by atoms with Crippen LogP contribution in [0.1, 0.15) is 29.8 Å². The molecule has 0 aliphatic rings. The van der Waals surface area contributed by atoms with E-state index in [-0.39, 0.29) is 11.5 Å². The zero-order valence-corrected chi connectivity index (χ0v) is 18.3. The van der Waals surface area contributed by atoms with Crippen molar-refractivity contribution in [1.82, 2.24) is 19.9 Å². The average Bonchev–Trinajstić information content (AvgIpc) is 2.78. The van der Waals surface area contributed by atoms with Gasteiger partial charge in [-0.25, -0.2) is 10.5 Å². The summed E-state index contributed by atoms with van der Waals surface area (Å²) in [6.07, 6.45) is 1.48. The van der Waals surface area contributed by atoms with Gasteiger partial charge in [-0.15, -0.1) is 0 Å². The fourth-order valence-electron chi connectivity index (χ4n) is 3.05. The fraction of sp³-hybridized carbons (Fsp3) is 0.348. The van der Waals surface area contributed by atoms with Crippen molar-refractivity contribution in [2.75, 3.05) is 33.4 Å². The number of benzene rings is 2. The molecule has 1 aromatic heterocycles. The Morgan fingerprint density at radius 3 is 2.74 bits per heavy atom. The number of amides is 1. The highest BCUT2D eigenvalue weighted by Crippen LogP contribution is 2.19. The summed E-state index contributed by atoms with van der Waals surface area (Å²) in [5.41, 5.74) is 4.53. The van der Waals surface area contributed by atoms with E-state index in [9.17, 15) is 9.59 Å². The average molecular weight is 425 g/mol. The normalized spacial score (nSPS) is 11.1. The minimum atomic E-state index is -0.377. The summed E-state index contributed by atoms with van der Waals surface area (Å²) >= 11 is 0. The topological polar surface area (TPSA) is 85.7 Å². The number of carbonyl (C=O) groups excluding carboxylic acids is 1. The number of rotatable bonds is 9. The van der Waals surface area contributed by atoms with Gasteiger partial charge in [0.2, 0.25) is 0 Å². The van der Waals surface area contributed by atoms with Crippen molar-refractivity contribution in [2.24, 2.45) is 0 Å². The third-order valence-electron chi connectivity index (χ3n) is 5.05. The fourth-order valence-corrected chi connectivity index (χ4v) is 3.05. The Morgan fingerprint density at radius 2 is 2.00 bits per heavy atom. The van der Waals surface area contributed by atoms with E-state index in [0.717, 1.165) is 18.7 Å². The molecule has 1 heterocycles. The van der Waals surface area contributed by atoms with Crippen LogP contribution in [0.5, 0.6) is 5.75 Å². The summed E-state index contributed by atoms with van der Waals surface area (Å²) in [5.74, 6) is 0.243. The predicted molar refractivity (Wildman–Crippen MR) is 120 cm³/mol. The lowest BCUT2D eigenvalue weighted by Crippen LogP contribution is -2.25. The lowest BCUT2D eigenvalue weighted by molar-refractivity contribution is 0.0364. The molecular formula is C23H28N4O4. The lowest BCUT2D eigenvalue weighted by Gasteiger charge is -2.15. The molecule has 1 amide bonds. The maximum Gasteiger partial charge on any atom is 0.274 e. The maximum atomic E-state index is 13.2. The molecule has 1 N–H and O–H groups in total. The van der Waals surface area contributed by atoms with E-state index in [0.29, 0.717) is 41.1 Å². The van der Waals surface area contributed by atoms with E-state index in [2.05, 4.69) is 22.3 Å². The minimum Gasteiger partial charge on any atom is -0.492 e. The van der Waals surface area contributed by atoms with Gasteiger partial charge in [-0.05, 0) is 63.3 Å². The molecule has 164 valence electrons. The molecule has 0 saturated heterocycles. The number of hydrogen-bond acceptors (Lipinski definition) is 6. The van der Waals surface area contributed by atoms with Crippen LogP contribution in [0.2, 0.25) is 0 Å². The van der Waals surface area contributed by atoms with Gasteiger partial charge in [-0.1, -0.05) is 13.0 Å². The van der Waals surface area contributed by atoms with E-state index in [1.807, 2.05) is 20.0 Å². The molecule has 3 rings (SSSR count). The van der Waals surface area contributed by atoms with Crippen LogP contribution in [-0.2, 0) is 4.84 Å². The molecule has 31 heavy (non-hydrogen) atoms. The van der Waals surface area contributed by atoms with Crippen molar-refractivity contribution in [3.05, 3.63) is 64.2 Å². The summed E-state index contributed by atoms with van der Waals surface area (Å²) < 4.78 is 7.26. The van der Waals surface area contributed by atoms with Crippen LogP contribution >= 0.6 is 0 Å². The molecule has 8 heteroatoms. The second kappa shape index (κ2) is 10.2. The molecule has 0 saturated carbocycles. The molecular weight excluding hydrogens is 396 g/mol. The van der Waals surface area contributed by atoms with Crippen LogP contribution in [0.15, 0.2) is 47.5 Å². The standard InChI is InChI=1S/C23H28N4O4/c1-5-26(4)11-12-30-18-9-10-20-19(14-18)23(29)27(15-24-20)21-13-17(8-7-16(21)3)22(28)25-31-6-2/h7-10,13-15H,5-6,11-12H2,1-4H3,(H,25,28). The molecule has 3 aromatic rings. The molecule has 0 atom stereocenters. The van der Waals surface area contributed by atoms with Crippen LogP contribution in [-0.4, -0.2) is 53.7 Å². The third-order valence-corrected chi connectivity index (χ3v) is 5.05. The minimum absolute atomic E-state index is 0.230. The number of fused-ring (bicyclic) bond motifs is 1. The summed E-state index contributed by atoms with van der Waals surface area (Å²) in [5, 5.41) is 0.451. The van der Waals surface area contributed by atoms with Crippen molar-refractivity contribution >= 4 is 16.8 Å². The van der Waals surface area contributed by atoms with Gasteiger partial charge < -0.3 is 9.64 Å². The second-order valence-corrected chi connectivity index (χ2v) is 7.21. The first-order valence-electron chi connectivity index (χ1n) is 10.3. The first kappa shape index (κ1) is 22.5. The number of hydrogen-bond donors (Lipinski definition) is 1. The van der Waals surface area contributed by atoms with Gasteiger partial charge in [0, 0.05) is 12.1 Å². The van der Waals surface area contributed by atoms with Crippen molar-refractivity contribution in [3.63, 3.8) is 0 Å². The molecule has 0 fully saturated rings. The quantitative estimate of drug-likeness (QED) is 0.532. The van der Waals surface area contributed by atoms with Gasteiger partial charge in [0.1, 0.15) is 18.7 Å². The van der Waals surface area contributed by atoms with Gasteiger partial charge >= 0.3 is 0 Å². The summed E-state index contributed by atoms with van der Waals surface area (Å²) in [4.78, 5) is 37.0. The van der Waals surface area contributed by atoms with Crippen molar-refractivity contribution in [1.29, 1.82) is 0 Å². The van der Waals surface area contributed by atoms with Crippen LogP contribution in [0.25, 0.3) is 16.6 Å². The Hall–Kier alpha value is -3.23. The third kappa shape index (κ3) is 5.28. The van der Waals surface area contributed by atoms with Crippen molar-refractivity contribution in [2.45, 2.75) is 20.8 Å². The number of hydroxylamine groups is 1. The van der Waals surface area contributed by atoms with Crippen LogP contribution in [0, 0.1) is 6.92 Å². The first-order chi connectivity index (χ1) is 14.9. The predicted octanol–water partition coefficient (Wildman–Crippen LogP) is 2.71. The van der Waals surface area contributed by atoms with Crippen LogP contribution < -0.4 is 15.8 Å². The van der Waals surface area contributed by atoms with E-state index < -0.39 is 0 Å². The number of aromatic nitrogens is 2. The number of ether oxygens (including phenoxy) is 1. The first-order valence-corrected chi connectivity index (χ1v) is 10.3. The van der Waals surface area contributed by atoms with E-state index in [1.54, 1.807) is 37.3 Å². The Kier molecular flexibility index (Phi) is 7.38. The molecule has 2 aromatic carbocycles. The van der Waals surface area contributed by atoms with Crippen molar-refractivity contribution in [3.8, 4) is 11.4 Å². The van der Waals surface area contributed by atoms with Crippen LogP contribution in [0.4, 0.5) is 0 Å². The number of aryl methyl sites for hydroxylation is 1. The van der Waals surface area contributed by atoms with E-state index in [1.165, 1.54) is 10.9 Å². The smallest absolute Gasteiger partial charge is 0.274 e. The lowest BCUT2D eigenvalue weighted by atomic mass is 10.1. The van der Waals surface area contributed by atoms with Gasteiger partial charge in [-0.2, -0.15) is 0 Å². The second-order valence-electron chi connectivity index (χ2n) is 7.21. The highest BCUT2D eigenvalue weighted by Gasteiger charge is 2.13. The molecule has 8 nitrogen and oxygen atoms in total. The molecule has 0 radical (unpaired) electrons. The van der Waals surface area contributed by atoms with Crippen LogP contribution in [0.3, 0.4) is 0 Å². The SMILES string of the molecule is CCONC(=O)c1ccc(C)c(-n2cnc3ccc(OCCN(C)CC)cc3c2=O)c1. The maximum absolute atomic E-state index is 13.2. The Bertz CT molecular complexity index is 1130. The number of carbonyl (C=O) groups is 1. The number of nitrogens with one attached hydrogen (secondary N) is 1. The Morgan fingerprint density at radius 1 is 1.19 bits per heavy atom. The molecule has 0 spiro atoms. The van der Waals surface area contributed by atoms with Gasteiger partial charge in [0.25, 0.3) is 11.5 Å². The number of nitrogens with zero attached hydrogens (tertiary/aromatic N) is 3. The highest BCUT2D eigenvalue weighted by molar-refractivity contribution is 5.94. The zero-order chi connectivity index (χ0) is 22.4. The molecule has 0 bridgehead atoms. The zero-order valence-electron chi connectivity index (χ0n) is 18.3. The molecule has 0 aliphatic heterocycles. The Balaban J connectivity index is 1.95. The van der Waals surface area contributed by atoms with Gasteiger partial charge in [-0.3, -0.25) is 19.0 Å². The van der Waals surface area contributed by atoms with E-state index >= 15 is 0 Å². The molecule has 0 aliphatic carbocycles. The monoisotopic (exact) mass is 424 g/mol. The summed E-state index contributed by atoms with van der Waals surface area (Å²) in [6, 6.07) is 10.4. The van der Waals surface area contributed by atoms with Crippen molar-refractivity contribution < 1.29 is 14.4 Å². The molecule has 0 unspecified atom stereocenters. The Labute approximate surface area is 181 Å². The largest absolute Gasteiger partial charge is 0.492 e.